The predicted octanol–water partition coefficient (Wildman–Crippen LogP) is 1.57. The summed E-state index contributed by atoms with van der Waals surface area (Å²) in [4.78, 5) is 3.65. The Bertz CT molecular complexity index is 820. The third-order valence-corrected chi connectivity index (χ3v) is 4.05. The van der Waals surface area contributed by atoms with Crippen LogP contribution >= 0.6 is 11.6 Å². The molecule has 0 unspecified atom stereocenters. The first-order valence-electron chi connectivity index (χ1n) is 5.69. The Morgan fingerprint density at radius 1 is 1.43 bits per heavy atom. The normalized spacial score (nSPS) is 12.6. The number of ether oxygens (including phenoxy) is 1. The number of nitrogens with zero attached hydrogens (tertiary/aromatic N) is 3. The van der Waals surface area contributed by atoms with Crippen LogP contribution in [0.15, 0.2) is 46.1 Å². The number of rotatable bonds is 4. The minimum absolute atomic E-state index is 0.0897. The molecule has 6 nitrogen and oxygen atoms in total. The van der Waals surface area contributed by atoms with Crippen LogP contribution in [0.3, 0.4) is 0 Å². The summed E-state index contributed by atoms with van der Waals surface area (Å²) < 4.78 is 47.5. The molecule has 1 aromatic carbocycles. The van der Waals surface area contributed by atoms with Gasteiger partial charge in [0, 0.05) is 19.4 Å². The molecule has 0 bridgehead atoms. The Kier molecular flexibility index (Phi) is 4.71. The van der Waals surface area contributed by atoms with Crippen LogP contribution in [-0.2, 0) is 21.5 Å². The average molecular weight is 332 g/mol. The average Bonchev–Trinajstić information content (AvgIpc) is 2.44. The molecule has 0 radical (unpaired) electrons. The Balaban J connectivity index is 2.55. The number of halogens is 2. The van der Waals surface area contributed by atoms with Gasteiger partial charge >= 0.3 is 0 Å². The van der Waals surface area contributed by atoms with Crippen molar-refractivity contribution in [3.8, 4) is 0 Å². The summed E-state index contributed by atoms with van der Waals surface area (Å²) in [5.74, 6) is -0.700. The van der Waals surface area contributed by atoms with Crippen molar-refractivity contribution >= 4 is 21.6 Å². The van der Waals surface area contributed by atoms with Gasteiger partial charge in [0.1, 0.15) is 12.5 Å². The van der Waals surface area contributed by atoms with Gasteiger partial charge in [-0.1, -0.05) is 11.6 Å². The lowest BCUT2D eigenvalue weighted by Crippen LogP contribution is -2.23. The van der Waals surface area contributed by atoms with E-state index in [0.717, 1.165) is 18.2 Å². The van der Waals surface area contributed by atoms with Crippen molar-refractivity contribution in [3.05, 3.63) is 53.1 Å². The smallest absolute Gasteiger partial charge is 0.284 e. The van der Waals surface area contributed by atoms with Gasteiger partial charge < -0.3 is 4.74 Å². The first-order valence-corrected chi connectivity index (χ1v) is 7.51. The summed E-state index contributed by atoms with van der Waals surface area (Å²) >= 11 is 5.59. The molecule has 21 heavy (non-hydrogen) atoms. The number of hydrogen-bond donors (Lipinski definition) is 0. The van der Waals surface area contributed by atoms with Gasteiger partial charge in [-0.15, -0.1) is 4.40 Å². The number of methoxy groups -OCH3 is 1. The summed E-state index contributed by atoms with van der Waals surface area (Å²) in [6, 6.07) is 4.50. The standard InChI is InChI=1S/C12H11ClFN3O3S/c1-20-8-17-7-15-5-4-12(17)16-21(18,19)9-2-3-11(14)10(13)6-9/h2-7H,8H2,1H3/b16-12+. The second-order valence-corrected chi connectivity index (χ2v) is 5.98. The van der Waals surface area contributed by atoms with E-state index in [1.54, 1.807) is 0 Å². The zero-order valence-corrected chi connectivity index (χ0v) is 12.5. The molecule has 2 aromatic rings. The maximum atomic E-state index is 13.1. The summed E-state index contributed by atoms with van der Waals surface area (Å²) in [6.07, 6.45) is 2.79. The maximum absolute atomic E-state index is 13.1. The lowest BCUT2D eigenvalue weighted by atomic mass is 10.3. The maximum Gasteiger partial charge on any atom is 0.284 e. The molecular formula is C12H11ClFN3O3S. The zero-order chi connectivity index (χ0) is 15.5. The van der Waals surface area contributed by atoms with E-state index in [4.69, 9.17) is 16.3 Å². The second-order valence-electron chi connectivity index (χ2n) is 3.97. The van der Waals surface area contributed by atoms with Gasteiger partial charge in [0.05, 0.1) is 16.2 Å². The molecule has 0 N–H and O–H groups in total. The molecule has 0 saturated heterocycles. The minimum atomic E-state index is -4.02. The molecule has 2 rings (SSSR count). The van der Waals surface area contributed by atoms with Crippen molar-refractivity contribution in [1.29, 1.82) is 0 Å². The summed E-state index contributed by atoms with van der Waals surface area (Å²) in [7, 11) is -2.57. The fourth-order valence-electron chi connectivity index (χ4n) is 1.52. The Morgan fingerprint density at radius 2 is 2.19 bits per heavy atom. The molecule has 0 atom stereocenters. The van der Waals surface area contributed by atoms with E-state index < -0.39 is 15.8 Å². The largest absolute Gasteiger partial charge is 0.364 e. The number of sulfonamides is 1. The molecule has 0 amide bonds. The van der Waals surface area contributed by atoms with Crippen LogP contribution in [0.1, 0.15) is 0 Å². The molecule has 0 fully saturated rings. The molecule has 0 saturated carbocycles. The fraction of sp³-hybridized carbons (Fsp3) is 0.167. The fourth-order valence-corrected chi connectivity index (χ4v) is 2.79. The van der Waals surface area contributed by atoms with E-state index in [1.165, 1.54) is 30.3 Å². The molecule has 112 valence electrons. The van der Waals surface area contributed by atoms with Gasteiger partial charge in [0.15, 0.2) is 5.49 Å². The highest BCUT2D eigenvalue weighted by molar-refractivity contribution is 7.90. The topological polar surface area (TPSA) is 73.5 Å². The summed E-state index contributed by atoms with van der Waals surface area (Å²) in [5, 5.41) is -0.286. The van der Waals surface area contributed by atoms with Crippen molar-refractivity contribution in [2.75, 3.05) is 7.11 Å². The van der Waals surface area contributed by atoms with E-state index in [2.05, 4.69) is 9.38 Å². The van der Waals surface area contributed by atoms with Crippen molar-refractivity contribution in [3.63, 3.8) is 0 Å². The van der Waals surface area contributed by atoms with Gasteiger partial charge in [-0.3, -0.25) is 4.57 Å². The molecular weight excluding hydrogens is 321 g/mol. The Morgan fingerprint density at radius 3 is 2.86 bits per heavy atom. The van der Waals surface area contributed by atoms with Crippen LogP contribution in [0.25, 0.3) is 0 Å². The molecule has 0 spiro atoms. The summed E-state index contributed by atoms with van der Waals surface area (Å²) in [5.41, 5.74) is 0.132. The number of hydrogen-bond acceptors (Lipinski definition) is 4. The molecule has 1 aromatic heterocycles. The van der Waals surface area contributed by atoms with Crippen LogP contribution in [0, 0.1) is 5.82 Å². The van der Waals surface area contributed by atoms with Crippen molar-refractivity contribution in [1.82, 2.24) is 9.55 Å². The third kappa shape index (κ3) is 3.66. The zero-order valence-electron chi connectivity index (χ0n) is 10.9. The first-order chi connectivity index (χ1) is 9.94. The van der Waals surface area contributed by atoms with Crippen LogP contribution in [0.2, 0.25) is 5.02 Å². The Labute approximate surface area is 125 Å². The van der Waals surface area contributed by atoms with E-state index in [1.807, 2.05) is 0 Å². The highest BCUT2D eigenvalue weighted by atomic mass is 35.5. The quantitative estimate of drug-likeness (QED) is 0.852. The first kappa shape index (κ1) is 15.6. The highest BCUT2D eigenvalue weighted by Crippen LogP contribution is 2.20. The van der Waals surface area contributed by atoms with Gasteiger partial charge in [-0.05, 0) is 18.2 Å². The number of aromatic nitrogens is 2. The van der Waals surface area contributed by atoms with Gasteiger partial charge in [0.25, 0.3) is 10.0 Å². The molecule has 0 aliphatic carbocycles. The lowest BCUT2D eigenvalue weighted by Gasteiger charge is -2.05. The molecule has 1 heterocycles. The van der Waals surface area contributed by atoms with Crippen molar-refractivity contribution in [2.45, 2.75) is 11.6 Å². The predicted molar refractivity (Wildman–Crippen MR) is 73.4 cm³/mol. The van der Waals surface area contributed by atoms with Gasteiger partial charge in [-0.25, -0.2) is 9.37 Å². The van der Waals surface area contributed by atoms with E-state index in [9.17, 15) is 12.8 Å². The van der Waals surface area contributed by atoms with Crippen LogP contribution < -0.4 is 5.49 Å². The van der Waals surface area contributed by atoms with Gasteiger partial charge in [0.2, 0.25) is 0 Å². The van der Waals surface area contributed by atoms with Crippen LogP contribution in [0.5, 0.6) is 0 Å². The lowest BCUT2D eigenvalue weighted by molar-refractivity contribution is 0.126. The second kappa shape index (κ2) is 6.33. The molecule has 0 aliphatic heterocycles. The Hall–Kier alpha value is -1.77. The van der Waals surface area contributed by atoms with Gasteiger partial charge in [-0.2, -0.15) is 8.42 Å². The molecule has 9 heteroatoms. The van der Waals surface area contributed by atoms with Crippen LogP contribution in [-0.4, -0.2) is 25.1 Å². The monoisotopic (exact) mass is 331 g/mol. The van der Waals surface area contributed by atoms with E-state index in [-0.39, 0.29) is 22.1 Å². The van der Waals surface area contributed by atoms with Crippen molar-refractivity contribution < 1.29 is 17.5 Å². The summed E-state index contributed by atoms with van der Waals surface area (Å²) in [6.45, 7) is 0.0897. The number of benzene rings is 1. The molecule has 0 aliphatic rings. The van der Waals surface area contributed by atoms with Crippen molar-refractivity contribution in [2.24, 2.45) is 4.40 Å². The highest BCUT2D eigenvalue weighted by Gasteiger charge is 2.15. The van der Waals surface area contributed by atoms with E-state index in [0.29, 0.717) is 0 Å². The van der Waals surface area contributed by atoms with E-state index >= 15 is 0 Å². The minimum Gasteiger partial charge on any atom is -0.364 e. The third-order valence-electron chi connectivity index (χ3n) is 2.48. The SMILES string of the molecule is COCn1cncc/c1=N\S(=O)(=O)c1ccc(F)c(Cl)c1. The van der Waals surface area contributed by atoms with Crippen LogP contribution in [0.4, 0.5) is 4.39 Å².